The largest absolute Gasteiger partial charge is 0.494 e. The highest BCUT2D eigenvalue weighted by molar-refractivity contribution is 6.00. The van der Waals surface area contributed by atoms with E-state index in [4.69, 9.17) is 19.9 Å². The molecule has 44 heteroatoms. The summed E-state index contributed by atoms with van der Waals surface area (Å²) in [5, 5.41) is 107. The van der Waals surface area contributed by atoms with Crippen molar-refractivity contribution >= 4 is 123 Å². The summed E-state index contributed by atoms with van der Waals surface area (Å²) in [6.07, 6.45) is -1.72. The molecule has 12 atom stereocenters. The number of non-ortho nitro benzene ring substituents is 1. The number of unbranched alkanes of at least 4 members (excludes halogenated alkanes) is 3. The lowest BCUT2D eigenvalue weighted by Gasteiger charge is -2.29. The van der Waals surface area contributed by atoms with Gasteiger partial charge in [0.25, 0.3) is 5.69 Å². The Hall–Kier alpha value is -13.4. The van der Waals surface area contributed by atoms with Crippen molar-refractivity contribution in [3.63, 3.8) is 0 Å². The van der Waals surface area contributed by atoms with Crippen LogP contribution in [0.15, 0.2) is 111 Å². The number of aliphatic hydroxyl groups is 2. The minimum absolute atomic E-state index is 0.00114. The molecule has 44 nitrogen and oxygen atoms in total. The molecule has 0 bridgehead atoms. The topological polar surface area (TPSA) is 651 Å². The van der Waals surface area contributed by atoms with Crippen LogP contribution in [0.25, 0.3) is 0 Å². The van der Waals surface area contributed by atoms with Crippen molar-refractivity contribution in [3.8, 4) is 11.5 Å². The van der Waals surface area contributed by atoms with Crippen molar-refractivity contribution in [2.24, 2.45) is 43.9 Å². The van der Waals surface area contributed by atoms with E-state index in [1.54, 1.807) is 115 Å². The van der Waals surface area contributed by atoms with Gasteiger partial charge in [-0.15, -0.1) is 10.2 Å². The Labute approximate surface area is 739 Å². The van der Waals surface area contributed by atoms with Crippen LogP contribution in [0.4, 0.5) is 38.9 Å². The number of carboxylic acids is 3. The van der Waals surface area contributed by atoms with Crippen LogP contribution in [0, 0.1) is 27.9 Å². The molecule has 4 aromatic rings. The lowest BCUT2D eigenvalue weighted by molar-refractivity contribution is -0.384. The second-order valence-electron chi connectivity index (χ2n) is 31.0. The molecule has 0 aliphatic heterocycles. The Morgan fingerprint density at radius 1 is 0.492 bits per heavy atom. The Bertz CT molecular complexity index is 4450. The van der Waals surface area contributed by atoms with Crippen LogP contribution < -0.4 is 83.9 Å². The average molecular weight is 1800 g/mol. The zero-order valence-corrected chi connectivity index (χ0v) is 73.5. The third kappa shape index (κ3) is 38.2. The normalized spacial score (nSPS) is 14.0. The summed E-state index contributed by atoms with van der Waals surface area (Å²) in [5.74, 6) is -15.9. The van der Waals surface area contributed by atoms with Gasteiger partial charge in [0.2, 0.25) is 65.0 Å². The number of nitrogens with two attached hydrogens (primary N) is 1. The summed E-state index contributed by atoms with van der Waals surface area (Å²) < 4.78 is 16.3. The quantitative estimate of drug-likeness (QED) is 0.0130. The van der Waals surface area contributed by atoms with Crippen LogP contribution >= 0.6 is 0 Å². The fourth-order valence-corrected chi connectivity index (χ4v) is 12.3. The second-order valence-corrected chi connectivity index (χ2v) is 31.0. The van der Waals surface area contributed by atoms with E-state index < -0.39 is 205 Å². The van der Waals surface area contributed by atoms with E-state index >= 15 is 0 Å². The zero-order valence-electron chi connectivity index (χ0n) is 73.5. The number of carboxylic acid groups (broad SMARTS) is 3. The van der Waals surface area contributed by atoms with Gasteiger partial charge in [0, 0.05) is 62.8 Å². The highest BCUT2D eigenvalue weighted by Gasteiger charge is 2.38. The molecule has 0 saturated carbocycles. The Balaban J connectivity index is 1.35. The molecule has 0 radical (unpaired) electrons. The number of anilines is 1. The number of methoxy groups -OCH3 is 2. The summed E-state index contributed by atoms with van der Waals surface area (Å²) in [4.78, 5) is 214. The number of azo groups is 2. The summed E-state index contributed by atoms with van der Waals surface area (Å²) in [6.45, 7) is 11.1. The smallest absolute Gasteiger partial charge is 0.407 e. The van der Waals surface area contributed by atoms with E-state index in [1.165, 1.54) is 52.3 Å². The third-order valence-corrected chi connectivity index (χ3v) is 19.8. The lowest BCUT2D eigenvalue weighted by Crippen LogP contribution is -2.61. The molecule has 0 fully saturated rings. The maximum atomic E-state index is 14.6. The SMILES string of the molecule is CC[C@H](C)[C@H](NC(=O)[C@H](Cc1ccccc1)NC(=O)[C@H](CCC(=O)O)NC(=O)[C@H](CC(C)C)NC(=O)[C@H](CO)NC(=O)[C@H](CC(=O)O)NC(=O)CCCCCNC(=O)OCCN(C)c1ccc(N=Nc2cc(OC)c(N=Nc3ccc([N+](=O)[O-])cc3)cc2OC)cc1)C(=O)N[C@@H](C)C(=O)N[C@@H](CO)C(=O)N[C@@H](CCCCN)C(=O)N[C@@H](CC(C)C)C(=O)N[C@@H](C)C(=O)O. The van der Waals surface area contributed by atoms with Crippen molar-refractivity contribution in [1.82, 2.24) is 63.8 Å². The number of nitro groups is 1. The minimum atomic E-state index is -1.89. The predicted octanol–water partition coefficient (Wildman–Crippen LogP) is 3.46. The molecule has 0 heterocycles. The van der Waals surface area contributed by atoms with Crippen molar-refractivity contribution in [3.05, 3.63) is 107 Å². The standard InChI is InChI=1S/C84H121N19O25/c1-12-49(6)72(82(120)87-50(7)73(111)95-65(45-104)80(118)90-57(23-18-19-35-85)74(112)92-61(39-47(2)3)76(114)88-51(8)83(121)122)97-79(117)63(41-52-21-15-13-16-22-52)94-75(113)58(33-34-70(107)108)91-77(115)62(40-48(4)5)93-81(119)66(46-105)96-78(116)64(44-71(109)110)89-69(106)24-17-14-20-36-86-84(123)128-38-37-102(9)55-29-25-53(26-30-55)98-100-59-42-68(127-11)60(43-67(59)126-10)101-99-54-27-31-56(32-28-54)103(124)125/h13,15-16,21-22,25-32,42-43,47-51,57-58,61-66,72,104-105H,12,14,17-20,23-24,33-41,44-46,85H2,1-11H3,(H,86,123)(H,87,120)(H,88,114)(H,89,106)(H,90,118)(H,91,115)(H,92,112)(H,93,119)(H,94,113)(H,95,111)(H,96,116)(H,97,117)(H,107,108)(H,109,110)(H,121,122)/t49-,50-,51-,57-,58-,61-,62-,63-,64-,65-,66-,72-/m0/s1. The molecule has 128 heavy (non-hydrogen) atoms. The first kappa shape index (κ1) is 107. The van der Waals surface area contributed by atoms with E-state index in [1.807, 2.05) is 4.90 Å². The van der Waals surface area contributed by atoms with Gasteiger partial charge in [-0.1, -0.05) is 84.7 Å². The average Bonchev–Trinajstić information content (AvgIpc) is 0.827. The molecule has 0 spiro atoms. The maximum Gasteiger partial charge on any atom is 0.407 e. The number of amides is 12. The second kappa shape index (κ2) is 55.9. The fraction of sp³-hybridized carbons (Fsp3) is 0.536. The molecule has 0 aromatic heterocycles. The van der Waals surface area contributed by atoms with Crippen molar-refractivity contribution < 1.29 is 117 Å². The molecule has 0 aliphatic carbocycles. The monoisotopic (exact) mass is 1800 g/mol. The summed E-state index contributed by atoms with van der Waals surface area (Å²) in [6, 6.07) is 6.60. The van der Waals surface area contributed by atoms with Gasteiger partial charge >= 0.3 is 24.0 Å². The molecule has 4 aromatic carbocycles. The minimum Gasteiger partial charge on any atom is -0.494 e. The van der Waals surface area contributed by atoms with E-state index in [0.717, 1.165) is 5.69 Å². The number of likely N-dealkylation sites (N-methyl/N-ethyl adjacent to an activating group) is 1. The molecule has 19 N–H and O–H groups in total. The number of rotatable bonds is 58. The van der Waals surface area contributed by atoms with Crippen molar-refractivity contribution in [2.45, 2.75) is 212 Å². The van der Waals surface area contributed by atoms with Gasteiger partial charge in [0.05, 0.1) is 56.7 Å². The predicted molar refractivity (Wildman–Crippen MR) is 463 cm³/mol. The number of nitrogens with one attached hydrogen (secondary N) is 12. The number of carbonyl (C=O) groups is 15. The number of hydrogen-bond acceptors (Lipinski definition) is 28. The number of nitrogens with zero attached hydrogens (tertiary/aromatic N) is 6. The number of aliphatic carboxylic acids is 3. The van der Waals surface area contributed by atoms with Crippen LogP contribution in [0.3, 0.4) is 0 Å². The number of benzene rings is 4. The number of nitro benzene ring substituents is 1. The molecule has 0 unspecified atom stereocenters. The first-order valence-corrected chi connectivity index (χ1v) is 41.8. The van der Waals surface area contributed by atoms with Gasteiger partial charge in [-0.3, -0.25) is 77.2 Å². The zero-order chi connectivity index (χ0) is 95.3. The third-order valence-electron chi connectivity index (χ3n) is 19.8. The number of carbonyl (C=O) groups excluding carboxylic acids is 12. The van der Waals surface area contributed by atoms with Crippen LogP contribution in [0.5, 0.6) is 11.5 Å². The molecule has 0 aliphatic rings. The van der Waals surface area contributed by atoms with Crippen LogP contribution in [-0.4, -0.2) is 247 Å². The van der Waals surface area contributed by atoms with Gasteiger partial charge in [-0.2, -0.15) is 10.2 Å². The number of ether oxygens (including phenoxy) is 3. The van der Waals surface area contributed by atoms with Crippen molar-refractivity contribution in [1.29, 1.82) is 0 Å². The lowest BCUT2D eigenvalue weighted by atomic mass is 9.96. The number of aliphatic hydroxyl groups excluding tert-OH is 2. The highest BCUT2D eigenvalue weighted by Crippen LogP contribution is 2.41. The van der Waals surface area contributed by atoms with Gasteiger partial charge in [0.15, 0.2) is 0 Å². The van der Waals surface area contributed by atoms with Gasteiger partial charge < -0.3 is 114 Å². The van der Waals surface area contributed by atoms with Crippen LogP contribution in [-0.2, 0) is 78.3 Å². The van der Waals surface area contributed by atoms with E-state index in [9.17, 15) is 108 Å². The van der Waals surface area contributed by atoms with E-state index in [-0.39, 0.29) is 76.2 Å². The molecular weight excluding hydrogens is 1680 g/mol. The Kier molecular flexibility index (Phi) is 46.7. The maximum absolute atomic E-state index is 14.6. The molecule has 12 amide bonds. The highest BCUT2D eigenvalue weighted by atomic mass is 16.6. The molecule has 702 valence electrons. The summed E-state index contributed by atoms with van der Waals surface area (Å²) in [5.41, 5.74) is 8.31. The molecule has 4 rings (SSSR count). The van der Waals surface area contributed by atoms with Gasteiger partial charge in [0.1, 0.15) is 95.9 Å². The van der Waals surface area contributed by atoms with Crippen LogP contribution in [0.1, 0.15) is 144 Å². The number of hydrogen-bond donors (Lipinski definition) is 18. The van der Waals surface area contributed by atoms with Gasteiger partial charge in [-0.25, -0.2) is 4.79 Å². The first-order chi connectivity index (χ1) is 60.7. The molecule has 0 saturated heterocycles. The first-order valence-electron chi connectivity index (χ1n) is 41.8. The fourth-order valence-electron chi connectivity index (χ4n) is 12.3. The molecular formula is C84H121N19O25. The van der Waals surface area contributed by atoms with E-state index in [2.05, 4.69) is 84.3 Å². The van der Waals surface area contributed by atoms with Crippen molar-refractivity contribution in [2.75, 3.05) is 65.6 Å². The summed E-state index contributed by atoms with van der Waals surface area (Å²) in [7, 11) is 4.66. The number of alkyl carbamates (subject to hydrolysis) is 1. The Morgan fingerprint density at radius 3 is 1.45 bits per heavy atom. The van der Waals surface area contributed by atoms with Crippen LogP contribution in [0.2, 0.25) is 0 Å². The van der Waals surface area contributed by atoms with Gasteiger partial charge in [-0.05, 0) is 131 Å². The van der Waals surface area contributed by atoms with E-state index in [0.29, 0.717) is 72.0 Å². The summed E-state index contributed by atoms with van der Waals surface area (Å²) >= 11 is 0. The Morgan fingerprint density at radius 2 is 0.961 bits per heavy atom.